The third-order valence-electron chi connectivity index (χ3n) is 4.15. The second-order valence-electron chi connectivity index (χ2n) is 5.55. The van der Waals surface area contributed by atoms with Gasteiger partial charge in [0, 0.05) is 38.5 Å². The molecule has 5 nitrogen and oxygen atoms in total. The molecule has 0 bridgehead atoms. The number of hydrogen-bond acceptors (Lipinski definition) is 3. The molecule has 0 spiro atoms. The van der Waals surface area contributed by atoms with E-state index in [1.54, 1.807) is 0 Å². The Bertz CT molecular complexity index is 438. The van der Waals surface area contributed by atoms with E-state index in [1.165, 1.54) is 0 Å². The smallest absolute Gasteiger partial charge is 0.225 e. The summed E-state index contributed by atoms with van der Waals surface area (Å²) < 4.78 is 7.56. The van der Waals surface area contributed by atoms with E-state index in [9.17, 15) is 4.79 Å². The molecule has 0 radical (unpaired) electrons. The second kappa shape index (κ2) is 5.74. The van der Waals surface area contributed by atoms with Crippen LogP contribution < -0.4 is 5.32 Å². The third kappa shape index (κ3) is 2.97. The third-order valence-corrected chi connectivity index (χ3v) is 4.15. The van der Waals surface area contributed by atoms with Gasteiger partial charge in [-0.15, -0.1) is 0 Å². The maximum absolute atomic E-state index is 12.0. The number of nitrogens with one attached hydrogen (secondary N) is 1. The molecule has 1 N–H and O–H groups in total. The molecule has 2 aliphatic heterocycles. The Balaban J connectivity index is 1.46. The Morgan fingerprint density at radius 2 is 2.47 bits per heavy atom. The molecule has 1 fully saturated rings. The van der Waals surface area contributed by atoms with Crippen molar-refractivity contribution >= 4 is 5.91 Å². The minimum atomic E-state index is 0.0549. The van der Waals surface area contributed by atoms with Gasteiger partial charge >= 0.3 is 0 Å². The number of aromatic nitrogens is 2. The van der Waals surface area contributed by atoms with Gasteiger partial charge in [-0.2, -0.15) is 0 Å². The molecular weight excluding hydrogens is 242 g/mol. The second-order valence-corrected chi connectivity index (χ2v) is 5.55. The average molecular weight is 263 g/mol. The Hall–Kier alpha value is -1.36. The molecule has 2 atom stereocenters. The van der Waals surface area contributed by atoms with E-state index in [1.807, 2.05) is 12.4 Å². The topological polar surface area (TPSA) is 56.2 Å². The zero-order chi connectivity index (χ0) is 13.1. The van der Waals surface area contributed by atoms with E-state index in [-0.39, 0.29) is 11.8 Å². The maximum atomic E-state index is 12.0. The van der Waals surface area contributed by atoms with Gasteiger partial charge in [0.25, 0.3) is 0 Å². The van der Waals surface area contributed by atoms with Crippen molar-refractivity contribution < 1.29 is 9.53 Å². The first-order valence-corrected chi connectivity index (χ1v) is 7.18. The van der Waals surface area contributed by atoms with Crippen LogP contribution in [-0.2, 0) is 22.5 Å². The summed E-state index contributed by atoms with van der Waals surface area (Å²) in [7, 11) is 0. The normalized spacial score (nSPS) is 26.7. The van der Waals surface area contributed by atoms with Gasteiger partial charge in [0.05, 0.1) is 12.5 Å². The largest absolute Gasteiger partial charge is 0.381 e. The molecule has 104 valence electrons. The highest BCUT2D eigenvalue weighted by Gasteiger charge is 2.24. The van der Waals surface area contributed by atoms with Gasteiger partial charge in [-0.05, 0) is 25.2 Å². The van der Waals surface area contributed by atoms with E-state index in [0.29, 0.717) is 12.5 Å². The van der Waals surface area contributed by atoms with Crippen LogP contribution in [-0.4, -0.2) is 35.2 Å². The predicted octanol–water partition coefficient (Wildman–Crippen LogP) is 0.988. The Labute approximate surface area is 113 Å². The molecule has 19 heavy (non-hydrogen) atoms. The van der Waals surface area contributed by atoms with Gasteiger partial charge in [-0.3, -0.25) is 4.79 Å². The molecule has 1 aromatic rings. The number of carbonyl (C=O) groups is 1. The van der Waals surface area contributed by atoms with Crippen LogP contribution in [0.4, 0.5) is 0 Å². The maximum Gasteiger partial charge on any atom is 0.225 e. The highest BCUT2D eigenvalue weighted by atomic mass is 16.5. The van der Waals surface area contributed by atoms with Gasteiger partial charge in [0.2, 0.25) is 5.91 Å². The first-order chi connectivity index (χ1) is 9.33. The van der Waals surface area contributed by atoms with Crippen molar-refractivity contribution in [2.24, 2.45) is 11.8 Å². The van der Waals surface area contributed by atoms with Crippen molar-refractivity contribution in [1.29, 1.82) is 0 Å². The van der Waals surface area contributed by atoms with Gasteiger partial charge in [0.15, 0.2) is 0 Å². The number of rotatable bonds is 3. The molecular formula is C14H21N3O2. The lowest BCUT2D eigenvalue weighted by Crippen LogP contribution is -2.39. The number of carbonyl (C=O) groups excluding carboxylic acids is 1. The molecule has 5 heteroatoms. The highest BCUT2D eigenvalue weighted by molar-refractivity contribution is 5.78. The molecule has 1 amide bonds. The van der Waals surface area contributed by atoms with Crippen LogP contribution in [0.2, 0.25) is 0 Å². The lowest BCUT2D eigenvalue weighted by molar-refractivity contribution is -0.129. The zero-order valence-electron chi connectivity index (χ0n) is 11.2. The van der Waals surface area contributed by atoms with Crippen LogP contribution in [0, 0.1) is 11.8 Å². The highest BCUT2D eigenvalue weighted by Crippen LogP contribution is 2.19. The summed E-state index contributed by atoms with van der Waals surface area (Å²) in [6.45, 7) is 3.17. The molecule has 1 aromatic heterocycles. The number of fused-ring (bicyclic) bond motifs is 1. The minimum Gasteiger partial charge on any atom is -0.381 e. The summed E-state index contributed by atoms with van der Waals surface area (Å²) in [5, 5.41) is 3.09. The summed E-state index contributed by atoms with van der Waals surface area (Å²) >= 11 is 0. The van der Waals surface area contributed by atoms with Crippen LogP contribution >= 0.6 is 0 Å². The van der Waals surface area contributed by atoms with Gasteiger partial charge in [-0.25, -0.2) is 4.98 Å². The monoisotopic (exact) mass is 263 g/mol. The van der Waals surface area contributed by atoms with Crippen molar-refractivity contribution in [3.63, 3.8) is 0 Å². The van der Waals surface area contributed by atoms with Crippen LogP contribution in [0.25, 0.3) is 0 Å². The van der Waals surface area contributed by atoms with Gasteiger partial charge in [-0.1, -0.05) is 0 Å². The van der Waals surface area contributed by atoms with Crippen molar-refractivity contribution in [3.05, 3.63) is 18.2 Å². The number of aryl methyl sites for hydroxylation is 1. The lowest BCUT2D eigenvalue weighted by atomic mass is 9.96. The number of amides is 1. The molecule has 0 aromatic carbocycles. The molecule has 2 aliphatic rings. The fourth-order valence-electron chi connectivity index (χ4n) is 2.93. The number of nitrogens with zero attached hydrogens (tertiary/aromatic N) is 2. The summed E-state index contributed by atoms with van der Waals surface area (Å²) in [5.41, 5.74) is 0. The van der Waals surface area contributed by atoms with Crippen LogP contribution in [0.1, 0.15) is 25.1 Å². The summed E-state index contributed by atoms with van der Waals surface area (Å²) in [6, 6.07) is 0. The first kappa shape index (κ1) is 12.7. The van der Waals surface area contributed by atoms with E-state index in [0.717, 1.165) is 51.2 Å². The summed E-state index contributed by atoms with van der Waals surface area (Å²) in [5.74, 6) is 1.88. The van der Waals surface area contributed by atoms with Gasteiger partial charge in [0.1, 0.15) is 5.82 Å². The quantitative estimate of drug-likeness (QED) is 0.884. The fraction of sp³-hybridized carbons (Fsp3) is 0.714. The molecule has 1 saturated heterocycles. The molecule has 0 saturated carbocycles. The van der Waals surface area contributed by atoms with Crippen LogP contribution in [0.3, 0.4) is 0 Å². The number of hydrogen-bond donors (Lipinski definition) is 1. The van der Waals surface area contributed by atoms with Crippen molar-refractivity contribution in [2.75, 3.05) is 19.8 Å². The lowest BCUT2D eigenvalue weighted by Gasteiger charge is -2.25. The molecule has 3 heterocycles. The number of imidazole rings is 1. The number of ether oxygens (including phenoxy) is 1. The predicted molar refractivity (Wildman–Crippen MR) is 70.6 cm³/mol. The SMILES string of the molecule is O=C(NC[C@H]1CCn2ccnc2C1)[C@@H]1CCCOC1. The minimum absolute atomic E-state index is 0.0549. The van der Waals surface area contributed by atoms with E-state index >= 15 is 0 Å². The average Bonchev–Trinajstić information content (AvgIpc) is 2.93. The summed E-state index contributed by atoms with van der Waals surface area (Å²) in [6.07, 6.45) is 7.93. The zero-order valence-corrected chi connectivity index (χ0v) is 11.2. The molecule has 0 unspecified atom stereocenters. The van der Waals surface area contributed by atoms with Crippen molar-refractivity contribution in [1.82, 2.24) is 14.9 Å². The van der Waals surface area contributed by atoms with Crippen molar-refractivity contribution in [2.45, 2.75) is 32.2 Å². The first-order valence-electron chi connectivity index (χ1n) is 7.18. The van der Waals surface area contributed by atoms with Gasteiger partial charge < -0.3 is 14.6 Å². The molecule has 3 rings (SSSR count). The molecule has 0 aliphatic carbocycles. The van der Waals surface area contributed by atoms with E-state index in [2.05, 4.69) is 14.9 Å². The van der Waals surface area contributed by atoms with Crippen LogP contribution in [0.5, 0.6) is 0 Å². The fourth-order valence-corrected chi connectivity index (χ4v) is 2.93. The van der Waals surface area contributed by atoms with E-state index < -0.39 is 0 Å². The standard InChI is InChI=1S/C14H21N3O2/c18-14(12-2-1-7-19-10-12)16-9-11-3-5-17-6-4-15-13(17)8-11/h4,6,11-12H,1-3,5,7-10H2,(H,16,18)/t11-,12+/m0/s1. The Morgan fingerprint density at radius 1 is 1.53 bits per heavy atom. The Kier molecular flexibility index (Phi) is 3.82. The van der Waals surface area contributed by atoms with E-state index in [4.69, 9.17) is 4.74 Å². The van der Waals surface area contributed by atoms with Crippen molar-refractivity contribution in [3.8, 4) is 0 Å². The Morgan fingerprint density at radius 3 is 3.32 bits per heavy atom. The summed E-state index contributed by atoms with van der Waals surface area (Å²) in [4.78, 5) is 16.4. The van der Waals surface area contributed by atoms with Crippen LogP contribution in [0.15, 0.2) is 12.4 Å².